The normalized spacial score (nSPS) is 19.4. The van der Waals surface area contributed by atoms with Crippen molar-refractivity contribution in [1.82, 2.24) is 15.3 Å². The Bertz CT molecular complexity index is 553. The maximum atomic E-state index is 4.14. The Kier molecular flexibility index (Phi) is 4.07. The van der Waals surface area contributed by atoms with Crippen molar-refractivity contribution in [2.75, 3.05) is 7.05 Å². The van der Waals surface area contributed by atoms with E-state index in [1.165, 1.54) is 36.0 Å². The highest BCUT2D eigenvalue weighted by Gasteiger charge is 2.23. The van der Waals surface area contributed by atoms with Crippen LogP contribution < -0.4 is 5.32 Å². The molecule has 0 saturated heterocycles. The third-order valence-electron chi connectivity index (χ3n) is 4.35. The van der Waals surface area contributed by atoms with Crippen molar-refractivity contribution in [2.45, 2.75) is 37.6 Å². The van der Waals surface area contributed by atoms with Gasteiger partial charge in [0.15, 0.2) is 0 Å². The van der Waals surface area contributed by atoms with Gasteiger partial charge in [-0.1, -0.05) is 24.3 Å². The number of nitrogens with zero attached hydrogens (tertiary/aromatic N) is 2. The quantitative estimate of drug-likeness (QED) is 0.924. The van der Waals surface area contributed by atoms with E-state index in [2.05, 4.69) is 39.6 Å². The fourth-order valence-electron chi connectivity index (χ4n) is 3.30. The number of fused-ring (bicyclic) bond motifs is 1. The molecule has 104 valence electrons. The summed E-state index contributed by atoms with van der Waals surface area (Å²) in [5.41, 5.74) is 4.25. The Morgan fingerprint density at radius 3 is 2.85 bits per heavy atom. The molecule has 0 aliphatic heterocycles. The van der Waals surface area contributed by atoms with Crippen LogP contribution in [0.2, 0.25) is 0 Å². The zero-order chi connectivity index (χ0) is 13.8. The van der Waals surface area contributed by atoms with Crippen LogP contribution in [-0.4, -0.2) is 17.0 Å². The molecule has 1 aliphatic carbocycles. The first-order valence-electron chi connectivity index (χ1n) is 7.38. The number of hydrogen-bond donors (Lipinski definition) is 1. The van der Waals surface area contributed by atoms with Gasteiger partial charge in [0.05, 0.1) is 0 Å². The van der Waals surface area contributed by atoms with Crippen LogP contribution in [0.4, 0.5) is 0 Å². The first-order chi connectivity index (χ1) is 9.88. The average molecular weight is 267 g/mol. The molecule has 1 aliphatic rings. The van der Waals surface area contributed by atoms with E-state index in [0.29, 0.717) is 12.0 Å². The van der Waals surface area contributed by atoms with Crippen molar-refractivity contribution in [3.05, 3.63) is 59.7 Å². The second-order valence-corrected chi connectivity index (χ2v) is 5.54. The Balaban J connectivity index is 1.81. The van der Waals surface area contributed by atoms with Gasteiger partial charge in [-0.05, 0) is 49.8 Å². The monoisotopic (exact) mass is 267 g/mol. The molecule has 3 rings (SSSR count). The fraction of sp³-hybridized carbons (Fsp3) is 0.412. The molecule has 1 aromatic carbocycles. The standard InChI is InChI=1S/C17H21N3/c1-18-17(15-10-19-12-20-11-15)9-14-7-4-6-13-5-2-3-8-16(13)14/h2-3,5,8,10-12,14,17-18H,4,6-7,9H2,1H3. The van der Waals surface area contributed by atoms with Gasteiger partial charge < -0.3 is 5.32 Å². The molecule has 0 bridgehead atoms. The smallest absolute Gasteiger partial charge is 0.115 e. The van der Waals surface area contributed by atoms with Gasteiger partial charge in [0.1, 0.15) is 6.33 Å². The van der Waals surface area contributed by atoms with Crippen LogP contribution in [-0.2, 0) is 6.42 Å². The molecule has 0 spiro atoms. The van der Waals surface area contributed by atoms with Crippen LogP contribution >= 0.6 is 0 Å². The second-order valence-electron chi connectivity index (χ2n) is 5.54. The van der Waals surface area contributed by atoms with Gasteiger partial charge in [-0.15, -0.1) is 0 Å². The van der Waals surface area contributed by atoms with Gasteiger partial charge in [0.25, 0.3) is 0 Å². The van der Waals surface area contributed by atoms with E-state index in [4.69, 9.17) is 0 Å². The summed E-state index contributed by atoms with van der Waals surface area (Å²) in [5, 5.41) is 3.42. The topological polar surface area (TPSA) is 37.8 Å². The highest BCUT2D eigenvalue weighted by Crippen LogP contribution is 2.37. The average Bonchev–Trinajstić information content (AvgIpc) is 2.53. The summed E-state index contributed by atoms with van der Waals surface area (Å²) in [6.07, 6.45) is 10.3. The molecule has 0 amide bonds. The van der Waals surface area contributed by atoms with E-state index in [0.717, 1.165) is 6.42 Å². The minimum atomic E-state index is 0.326. The lowest BCUT2D eigenvalue weighted by Crippen LogP contribution is -2.21. The maximum absolute atomic E-state index is 4.14. The van der Waals surface area contributed by atoms with Gasteiger partial charge in [0, 0.05) is 24.0 Å². The molecule has 1 aromatic heterocycles. The van der Waals surface area contributed by atoms with E-state index >= 15 is 0 Å². The van der Waals surface area contributed by atoms with Crippen LogP contribution in [0.25, 0.3) is 0 Å². The van der Waals surface area contributed by atoms with Gasteiger partial charge >= 0.3 is 0 Å². The van der Waals surface area contributed by atoms with Crippen molar-refractivity contribution in [2.24, 2.45) is 0 Å². The minimum Gasteiger partial charge on any atom is -0.313 e. The van der Waals surface area contributed by atoms with Crippen LogP contribution in [0.5, 0.6) is 0 Å². The van der Waals surface area contributed by atoms with Crippen LogP contribution in [0.3, 0.4) is 0 Å². The fourth-order valence-corrected chi connectivity index (χ4v) is 3.30. The molecule has 0 fully saturated rings. The number of aromatic nitrogens is 2. The van der Waals surface area contributed by atoms with E-state index < -0.39 is 0 Å². The van der Waals surface area contributed by atoms with E-state index in [1.807, 2.05) is 19.4 Å². The predicted molar refractivity (Wildman–Crippen MR) is 80.6 cm³/mol. The molecule has 3 nitrogen and oxygen atoms in total. The first-order valence-corrected chi connectivity index (χ1v) is 7.38. The maximum Gasteiger partial charge on any atom is 0.115 e. The van der Waals surface area contributed by atoms with Crippen molar-refractivity contribution in [3.63, 3.8) is 0 Å². The number of rotatable bonds is 4. The third-order valence-corrected chi connectivity index (χ3v) is 4.35. The Hall–Kier alpha value is -1.74. The number of hydrogen-bond acceptors (Lipinski definition) is 3. The van der Waals surface area contributed by atoms with Crippen LogP contribution in [0.1, 0.15) is 47.9 Å². The van der Waals surface area contributed by atoms with E-state index in [-0.39, 0.29) is 0 Å². The minimum absolute atomic E-state index is 0.326. The summed E-state index contributed by atoms with van der Waals surface area (Å²) < 4.78 is 0. The van der Waals surface area contributed by atoms with Gasteiger partial charge in [0.2, 0.25) is 0 Å². The number of nitrogens with one attached hydrogen (secondary N) is 1. The molecule has 2 atom stereocenters. The Morgan fingerprint density at radius 1 is 1.25 bits per heavy atom. The van der Waals surface area contributed by atoms with E-state index in [9.17, 15) is 0 Å². The van der Waals surface area contributed by atoms with Crippen molar-refractivity contribution in [1.29, 1.82) is 0 Å². The SMILES string of the molecule is CNC(CC1CCCc2ccccc21)c1cncnc1. The molecule has 1 heterocycles. The highest BCUT2D eigenvalue weighted by atomic mass is 14.9. The largest absolute Gasteiger partial charge is 0.313 e. The summed E-state index contributed by atoms with van der Waals surface area (Å²) in [6, 6.07) is 9.22. The summed E-state index contributed by atoms with van der Waals surface area (Å²) in [5.74, 6) is 0.637. The zero-order valence-corrected chi connectivity index (χ0v) is 11.9. The third kappa shape index (κ3) is 2.73. The molecular formula is C17H21N3. The molecule has 20 heavy (non-hydrogen) atoms. The predicted octanol–water partition coefficient (Wildman–Crippen LogP) is 3.25. The molecule has 1 N–H and O–H groups in total. The Labute approximate surface area is 120 Å². The van der Waals surface area contributed by atoms with Gasteiger partial charge in [-0.2, -0.15) is 0 Å². The number of aryl methyl sites for hydroxylation is 1. The second kappa shape index (κ2) is 6.14. The molecule has 0 radical (unpaired) electrons. The molecule has 2 aromatic rings. The summed E-state index contributed by atoms with van der Waals surface area (Å²) in [4.78, 5) is 8.28. The summed E-state index contributed by atoms with van der Waals surface area (Å²) in [7, 11) is 2.02. The lowest BCUT2D eigenvalue weighted by molar-refractivity contribution is 0.438. The van der Waals surface area contributed by atoms with Crippen molar-refractivity contribution >= 4 is 0 Å². The van der Waals surface area contributed by atoms with Gasteiger partial charge in [-0.3, -0.25) is 0 Å². The van der Waals surface area contributed by atoms with Crippen molar-refractivity contribution < 1.29 is 0 Å². The van der Waals surface area contributed by atoms with Crippen molar-refractivity contribution in [3.8, 4) is 0 Å². The van der Waals surface area contributed by atoms with Gasteiger partial charge in [-0.25, -0.2) is 9.97 Å². The molecule has 0 saturated carbocycles. The molecule has 3 heteroatoms. The summed E-state index contributed by atoms with van der Waals surface area (Å²) in [6.45, 7) is 0. The Morgan fingerprint density at radius 2 is 2.05 bits per heavy atom. The van der Waals surface area contributed by atoms with Crippen LogP contribution in [0.15, 0.2) is 43.0 Å². The lowest BCUT2D eigenvalue weighted by Gasteiger charge is -2.29. The first kappa shape index (κ1) is 13.3. The summed E-state index contributed by atoms with van der Waals surface area (Å²) >= 11 is 0. The zero-order valence-electron chi connectivity index (χ0n) is 11.9. The number of benzene rings is 1. The highest BCUT2D eigenvalue weighted by molar-refractivity contribution is 5.33. The molecular weight excluding hydrogens is 246 g/mol. The molecule has 2 unspecified atom stereocenters. The van der Waals surface area contributed by atoms with E-state index in [1.54, 1.807) is 6.33 Å². The lowest BCUT2D eigenvalue weighted by atomic mass is 9.79. The van der Waals surface area contributed by atoms with Crippen LogP contribution in [0, 0.1) is 0 Å².